The van der Waals surface area contributed by atoms with E-state index in [1.54, 1.807) is 16.8 Å². The molecule has 5 aromatic rings. The monoisotopic (exact) mass is 649 g/mol. The molecular formula is C33H31F4N7O3. The molecule has 2 aromatic heterocycles. The molecule has 4 N–H and O–H groups in total. The molecule has 0 spiro atoms. The van der Waals surface area contributed by atoms with E-state index in [0.717, 1.165) is 49.8 Å². The molecule has 3 aromatic carbocycles. The van der Waals surface area contributed by atoms with Crippen molar-refractivity contribution in [2.24, 2.45) is 5.92 Å². The molecule has 1 fully saturated rings. The predicted octanol–water partition coefficient (Wildman–Crippen LogP) is 5.69. The number of carbonyl (C=O) groups is 1. The summed E-state index contributed by atoms with van der Waals surface area (Å²) in [5.74, 6) is -1.50. The number of benzene rings is 3. The normalized spacial score (nSPS) is 14.4. The van der Waals surface area contributed by atoms with Crippen molar-refractivity contribution in [3.05, 3.63) is 89.5 Å². The van der Waals surface area contributed by atoms with Gasteiger partial charge in [0.25, 0.3) is 5.91 Å². The first-order valence-corrected chi connectivity index (χ1v) is 14.8. The van der Waals surface area contributed by atoms with Crippen molar-refractivity contribution in [3.63, 3.8) is 0 Å². The Kier molecular flexibility index (Phi) is 8.80. The molecule has 0 bridgehead atoms. The number of nitrogen functional groups attached to an aromatic ring is 1. The molecule has 0 radical (unpaired) electrons. The largest absolute Gasteiger partial charge is 0.495 e. The van der Waals surface area contributed by atoms with E-state index in [9.17, 15) is 27.5 Å². The van der Waals surface area contributed by atoms with E-state index in [4.69, 9.17) is 15.6 Å². The highest BCUT2D eigenvalue weighted by Crippen LogP contribution is 2.37. The average molecular weight is 650 g/mol. The third-order valence-electron chi connectivity index (χ3n) is 8.31. The maximum Gasteiger partial charge on any atom is 0.416 e. The van der Waals surface area contributed by atoms with Gasteiger partial charge in [0.05, 0.1) is 35.0 Å². The number of piperidine rings is 1. The van der Waals surface area contributed by atoms with Crippen molar-refractivity contribution in [3.8, 4) is 22.7 Å². The van der Waals surface area contributed by atoms with Crippen LogP contribution in [0.1, 0.15) is 34.3 Å². The number of aliphatic hydroxyl groups excluding tert-OH is 1. The SMILES string of the molecule is COc1cc(-c2nn(-c3ccc(CN4CCC(CO)CC4)cc3)c3ncnc(N)c23)ccc1NC(=O)c1ccc(C(F)(F)F)cc1F. The van der Waals surface area contributed by atoms with E-state index < -0.39 is 29.0 Å². The highest BCUT2D eigenvalue weighted by molar-refractivity contribution is 6.06. The van der Waals surface area contributed by atoms with Gasteiger partial charge in [-0.1, -0.05) is 18.2 Å². The topological polar surface area (TPSA) is 131 Å². The fourth-order valence-corrected chi connectivity index (χ4v) is 5.69. The van der Waals surface area contributed by atoms with E-state index in [0.29, 0.717) is 34.3 Å². The van der Waals surface area contributed by atoms with E-state index in [1.165, 1.54) is 19.5 Å². The molecule has 244 valence electrons. The summed E-state index contributed by atoms with van der Waals surface area (Å²) in [6, 6.07) is 14.4. The van der Waals surface area contributed by atoms with Crippen LogP contribution in [0, 0.1) is 11.7 Å². The van der Waals surface area contributed by atoms with Gasteiger partial charge in [-0.15, -0.1) is 0 Å². The quantitative estimate of drug-likeness (QED) is 0.183. The fourth-order valence-electron chi connectivity index (χ4n) is 5.69. The van der Waals surface area contributed by atoms with E-state index >= 15 is 0 Å². The number of rotatable bonds is 8. The molecule has 1 amide bonds. The lowest BCUT2D eigenvalue weighted by atomic mass is 9.97. The second kappa shape index (κ2) is 13.0. The van der Waals surface area contributed by atoms with Gasteiger partial charge in [0.15, 0.2) is 5.65 Å². The number of nitrogens with zero attached hydrogens (tertiary/aromatic N) is 5. The van der Waals surface area contributed by atoms with Crippen molar-refractivity contribution in [2.45, 2.75) is 25.6 Å². The number of anilines is 2. The number of carbonyl (C=O) groups excluding carboxylic acids is 1. The van der Waals surface area contributed by atoms with Crippen molar-refractivity contribution in [1.29, 1.82) is 0 Å². The van der Waals surface area contributed by atoms with Gasteiger partial charge in [0.1, 0.15) is 29.4 Å². The van der Waals surface area contributed by atoms with Gasteiger partial charge in [-0.2, -0.15) is 18.3 Å². The lowest BCUT2D eigenvalue weighted by Gasteiger charge is -2.31. The van der Waals surface area contributed by atoms with E-state index in [1.807, 2.05) is 24.3 Å². The van der Waals surface area contributed by atoms with Crippen LogP contribution in [0.25, 0.3) is 28.0 Å². The van der Waals surface area contributed by atoms with Gasteiger partial charge in [-0.05, 0) is 79.9 Å². The predicted molar refractivity (Wildman–Crippen MR) is 168 cm³/mol. The van der Waals surface area contributed by atoms with Crippen molar-refractivity contribution in [2.75, 3.05) is 37.9 Å². The number of hydrogen-bond donors (Lipinski definition) is 3. The van der Waals surface area contributed by atoms with Gasteiger partial charge >= 0.3 is 6.18 Å². The molecule has 47 heavy (non-hydrogen) atoms. The minimum Gasteiger partial charge on any atom is -0.495 e. The highest BCUT2D eigenvalue weighted by Gasteiger charge is 2.32. The molecule has 0 unspecified atom stereocenters. The summed E-state index contributed by atoms with van der Waals surface area (Å²) >= 11 is 0. The Hall–Kier alpha value is -5.08. The van der Waals surface area contributed by atoms with E-state index in [2.05, 4.69) is 20.2 Å². The summed E-state index contributed by atoms with van der Waals surface area (Å²) in [4.78, 5) is 23.8. The number of aliphatic hydroxyl groups is 1. The average Bonchev–Trinajstić information content (AvgIpc) is 3.46. The van der Waals surface area contributed by atoms with Crippen LogP contribution in [0.15, 0.2) is 67.0 Å². The molecule has 0 saturated carbocycles. The van der Waals surface area contributed by atoms with Crippen LogP contribution >= 0.6 is 0 Å². The van der Waals surface area contributed by atoms with E-state index in [-0.39, 0.29) is 29.9 Å². The number of amides is 1. The fraction of sp³-hybridized carbons (Fsp3) is 0.273. The summed E-state index contributed by atoms with van der Waals surface area (Å²) in [5.41, 5.74) is 8.05. The van der Waals surface area contributed by atoms with Crippen LogP contribution in [0.4, 0.5) is 29.1 Å². The molecular weight excluding hydrogens is 618 g/mol. The first-order chi connectivity index (χ1) is 22.5. The number of methoxy groups -OCH3 is 1. The Balaban J connectivity index is 1.27. The minimum atomic E-state index is -4.75. The first kappa shape index (κ1) is 31.9. The van der Waals surface area contributed by atoms with Gasteiger partial charge in [-0.3, -0.25) is 9.69 Å². The van der Waals surface area contributed by atoms with Crippen molar-refractivity contribution < 1.29 is 32.2 Å². The number of fused-ring (bicyclic) bond motifs is 1. The molecule has 3 heterocycles. The summed E-state index contributed by atoms with van der Waals surface area (Å²) in [6.07, 6.45) is -1.44. The lowest BCUT2D eigenvalue weighted by molar-refractivity contribution is -0.137. The Morgan fingerprint density at radius 1 is 1.06 bits per heavy atom. The third kappa shape index (κ3) is 6.60. The number of ether oxygens (including phenoxy) is 1. The maximum atomic E-state index is 14.4. The molecule has 1 aliphatic rings. The Labute approximate surface area is 266 Å². The van der Waals surface area contributed by atoms with Gasteiger partial charge < -0.3 is 20.9 Å². The van der Waals surface area contributed by atoms with Gasteiger partial charge in [0, 0.05) is 18.7 Å². The number of halogens is 4. The number of hydrogen-bond acceptors (Lipinski definition) is 8. The summed E-state index contributed by atoms with van der Waals surface area (Å²) in [5, 5.41) is 17.2. The van der Waals surface area contributed by atoms with Crippen LogP contribution in [-0.4, -0.2) is 62.5 Å². The molecule has 14 heteroatoms. The number of nitrogens with one attached hydrogen (secondary N) is 1. The zero-order valence-corrected chi connectivity index (χ0v) is 25.3. The number of alkyl halides is 3. The smallest absolute Gasteiger partial charge is 0.416 e. The number of nitrogens with two attached hydrogens (primary N) is 1. The standard InChI is InChI=1S/C33H31F4N7O3/c1-47-27-14-21(4-9-26(27)41-32(46)24-8-5-22(15-25(24)34)33(35,36)37)29-28-30(38)39-18-40-31(28)44(42-29)23-6-2-19(3-7-23)16-43-12-10-20(17-45)11-13-43/h2-9,14-15,18,20,45H,10-13,16-17H2,1H3,(H,41,46)(H2,38,39,40). The molecule has 0 atom stereocenters. The summed E-state index contributed by atoms with van der Waals surface area (Å²) < 4.78 is 60.4. The van der Waals surface area contributed by atoms with Crippen molar-refractivity contribution in [1.82, 2.24) is 24.6 Å². The zero-order chi connectivity index (χ0) is 33.3. The first-order valence-electron chi connectivity index (χ1n) is 14.8. The summed E-state index contributed by atoms with van der Waals surface area (Å²) in [7, 11) is 1.37. The Morgan fingerprint density at radius 2 is 1.81 bits per heavy atom. The molecule has 10 nitrogen and oxygen atoms in total. The Bertz CT molecular complexity index is 1920. The third-order valence-corrected chi connectivity index (χ3v) is 8.31. The number of likely N-dealkylation sites (tertiary alicyclic amines) is 1. The van der Waals surface area contributed by atoms with Crippen LogP contribution in [0.5, 0.6) is 5.75 Å². The van der Waals surface area contributed by atoms with Gasteiger partial charge in [-0.25, -0.2) is 19.0 Å². The minimum absolute atomic E-state index is 0.157. The van der Waals surface area contributed by atoms with Crippen LogP contribution in [0.2, 0.25) is 0 Å². The second-order valence-electron chi connectivity index (χ2n) is 11.3. The summed E-state index contributed by atoms with van der Waals surface area (Å²) in [6.45, 7) is 2.91. The van der Waals surface area contributed by atoms with Crippen LogP contribution in [-0.2, 0) is 12.7 Å². The second-order valence-corrected chi connectivity index (χ2v) is 11.3. The molecule has 1 aliphatic heterocycles. The maximum absolute atomic E-state index is 14.4. The highest BCUT2D eigenvalue weighted by atomic mass is 19.4. The van der Waals surface area contributed by atoms with Crippen LogP contribution in [0.3, 0.4) is 0 Å². The number of aromatic nitrogens is 4. The molecule has 1 saturated heterocycles. The molecule has 0 aliphatic carbocycles. The Morgan fingerprint density at radius 3 is 2.47 bits per heavy atom. The zero-order valence-electron chi connectivity index (χ0n) is 25.3. The van der Waals surface area contributed by atoms with Crippen LogP contribution < -0.4 is 15.8 Å². The lowest BCUT2D eigenvalue weighted by Crippen LogP contribution is -2.34. The molecule has 6 rings (SSSR count). The van der Waals surface area contributed by atoms with Gasteiger partial charge in [0.2, 0.25) is 0 Å². The van der Waals surface area contributed by atoms with Crippen molar-refractivity contribution >= 4 is 28.4 Å².